The van der Waals surface area contributed by atoms with Gasteiger partial charge < -0.3 is 10.6 Å². The monoisotopic (exact) mass is 265 g/mol. The van der Waals surface area contributed by atoms with Crippen LogP contribution in [0.25, 0.3) is 0 Å². The van der Waals surface area contributed by atoms with E-state index in [0.717, 1.165) is 6.42 Å². The van der Waals surface area contributed by atoms with E-state index < -0.39 is 4.92 Å². The zero-order valence-electron chi connectivity index (χ0n) is 11.4. The molecule has 19 heavy (non-hydrogen) atoms. The number of nitrogens with zero attached hydrogens (tertiary/aromatic N) is 1. The van der Waals surface area contributed by atoms with E-state index in [1.165, 1.54) is 12.1 Å². The Kier molecular flexibility index (Phi) is 5.29. The molecule has 0 saturated carbocycles. The third kappa shape index (κ3) is 4.24. The zero-order chi connectivity index (χ0) is 14.4. The van der Waals surface area contributed by atoms with Crippen LogP contribution in [-0.4, -0.2) is 23.4 Å². The summed E-state index contributed by atoms with van der Waals surface area (Å²) in [4.78, 5) is 22.3. The molecule has 0 aliphatic rings. The molecular weight excluding hydrogens is 246 g/mol. The number of benzene rings is 1. The number of nitro groups is 1. The van der Waals surface area contributed by atoms with Gasteiger partial charge in [0.25, 0.3) is 11.6 Å². The van der Waals surface area contributed by atoms with Crippen molar-refractivity contribution in [1.82, 2.24) is 5.32 Å². The Morgan fingerprint density at radius 1 is 1.42 bits per heavy atom. The van der Waals surface area contributed by atoms with Crippen molar-refractivity contribution in [2.75, 3.05) is 11.9 Å². The van der Waals surface area contributed by atoms with Crippen molar-refractivity contribution >= 4 is 17.3 Å². The number of rotatable bonds is 6. The molecule has 6 nitrogen and oxygen atoms in total. The van der Waals surface area contributed by atoms with Crippen LogP contribution in [-0.2, 0) is 0 Å². The normalized spacial score (nSPS) is 10.3. The van der Waals surface area contributed by atoms with Crippen molar-refractivity contribution < 1.29 is 9.72 Å². The van der Waals surface area contributed by atoms with E-state index >= 15 is 0 Å². The van der Waals surface area contributed by atoms with Gasteiger partial charge in [0.1, 0.15) is 0 Å². The Labute approximate surface area is 112 Å². The Hall–Kier alpha value is -2.11. The van der Waals surface area contributed by atoms with Gasteiger partial charge in [0.15, 0.2) is 0 Å². The van der Waals surface area contributed by atoms with Gasteiger partial charge in [-0.3, -0.25) is 14.9 Å². The third-order valence-electron chi connectivity index (χ3n) is 2.44. The van der Waals surface area contributed by atoms with Gasteiger partial charge in [0.2, 0.25) is 0 Å². The molecule has 0 spiro atoms. The maximum absolute atomic E-state index is 12.0. The molecule has 0 heterocycles. The number of carbonyl (C=O) groups is 1. The summed E-state index contributed by atoms with van der Waals surface area (Å²) in [6, 6.07) is 4.24. The quantitative estimate of drug-likeness (QED) is 0.611. The lowest BCUT2D eigenvalue weighted by Crippen LogP contribution is -2.30. The summed E-state index contributed by atoms with van der Waals surface area (Å²) < 4.78 is 0. The summed E-state index contributed by atoms with van der Waals surface area (Å²) in [6.45, 7) is 6.40. The van der Waals surface area contributed by atoms with E-state index in [-0.39, 0.29) is 17.6 Å². The van der Waals surface area contributed by atoms with Crippen LogP contribution in [0.4, 0.5) is 11.4 Å². The molecule has 0 atom stereocenters. The molecule has 0 aromatic heterocycles. The van der Waals surface area contributed by atoms with Gasteiger partial charge in [-0.2, -0.15) is 0 Å². The molecule has 0 unspecified atom stereocenters. The van der Waals surface area contributed by atoms with Crippen molar-refractivity contribution in [3.63, 3.8) is 0 Å². The van der Waals surface area contributed by atoms with Crippen molar-refractivity contribution in [2.45, 2.75) is 33.2 Å². The molecule has 1 amide bonds. The summed E-state index contributed by atoms with van der Waals surface area (Å²) >= 11 is 0. The molecule has 0 bridgehead atoms. The molecule has 1 aromatic carbocycles. The number of nitrogens with one attached hydrogen (secondary N) is 2. The molecule has 1 aromatic rings. The number of carbonyl (C=O) groups excluding carboxylic acids is 1. The topological polar surface area (TPSA) is 84.3 Å². The molecule has 2 N–H and O–H groups in total. The van der Waals surface area contributed by atoms with Crippen LogP contribution in [0.2, 0.25) is 0 Å². The van der Waals surface area contributed by atoms with E-state index in [0.29, 0.717) is 17.8 Å². The van der Waals surface area contributed by atoms with E-state index in [9.17, 15) is 14.9 Å². The highest BCUT2D eigenvalue weighted by molar-refractivity contribution is 6.00. The van der Waals surface area contributed by atoms with Gasteiger partial charge in [-0.15, -0.1) is 0 Å². The summed E-state index contributed by atoms with van der Waals surface area (Å²) in [5.41, 5.74) is 0.831. The number of anilines is 1. The largest absolute Gasteiger partial charge is 0.384 e. The minimum atomic E-state index is -0.504. The van der Waals surface area contributed by atoms with Crippen LogP contribution in [0.3, 0.4) is 0 Å². The van der Waals surface area contributed by atoms with Crippen molar-refractivity contribution in [3.05, 3.63) is 33.9 Å². The highest BCUT2D eigenvalue weighted by Gasteiger charge is 2.17. The first-order valence-corrected chi connectivity index (χ1v) is 6.28. The Balaban J connectivity index is 3.09. The van der Waals surface area contributed by atoms with Crippen LogP contribution in [0.5, 0.6) is 0 Å². The second-order valence-electron chi connectivity index (χ2n) is 4.54. The second-order valence-corrected chi connectivity index (χ2v) is 4.54. The van der Waals surface area contributed by atoms with E-state index in [2.05, 4.69) is 10.6 Å². The fourth-order valence-corrected chi connectivity index (χ4v) is 1.59. The second kappa shape index (κ2) is 6.72. The predicted octanol–water partition coefficient (Wildman–Crippen LogP) is 2.55. The number of nitro benzene ring substituents is 1. The molecular formula is C13H19N3O3. The van der Waals surface area contributed by atoms with Gasteiger partial charge in [-0.1, -0.05) is 6.92 Å². The standard InChI is InChI=1S/C13H19N3O3/c1-4-7-14-12-6-5-10(16(18)19)8-11(12)13(17)15-9(2)3/h5-6,8-9,14H,4,7H2,1-3H3,(H,15,17). The SMILES string of the molecule is CCCNc1ccc([N+](=O)[O-])cc1C(=O)NC(C)C. The highest BCUT2D eigenvalue weighted by Crippen LogP contribution is 2.22. The summed E-state index contributed by atoms with van der Waals surface area (Å²) in [5.74, 6) is -0.308. The Morgan fingerprint density at radius 2 is 2.11 bits per heavy atom. The molecule has 0 radical (unpaired) electrons. The predicted molar refractivity (Wildman–Crippen MR) is 74.5 cm³/mol. The van der Waals surface area contributed by atoms with Crippen LogP contribution in [0.1, 0.15) is 37.6 Å². The number of hydrogen-bond acceptors (Lipinski definition) is 4. The molecule has 0 aliphatic carbocycles. The van der Waals surface area contributed by atoms with Gasteiger partial charge in [-0.25, -0.2) is 0 Å². The third-order valence-corrected chi connectivity index (χ3v) is 2.44. The minimum absolute atomic E-state index is 0.0224. The molecule has 0 fully saturated rings. The van der Waals surface area contributed by atoms with E-state index in [4.69, 9.17) is 0 Å². The fourth-order valence-electron chi connectivity index (χ4n) is 1.59. The van der Waals surface area contributed by atoms with Gasteiger partial charge in [0.05, 0.1) is 10.5 Å². The smallest absolute Gasteiger partial charge is 0.270 e. The maximum atomic E-state index is 12.0. The van der Waals surface area contributed by atoms with Crippen LogP contribution < -0.4 is 10.6 Å². The molecule has 0 saturated heterocycles. The fraction of sp³-hybridized carbons (Fsp3) is 0.462. The summed E-state index contributed by atoms with van der Waals surface area (Å²) in [6.07, 6.45) is 0.905. The molecule has 104 valence electrons. The molecule has 6 heteroatoms. The average Bonchev–Trinajstić information content (AvgIpc) is 2.35. The molecule has 0 aliphatic heterocycles. The van der Waals surface area contributed by atoms with E-state index in [1.807, 2.05) is 20.8 Å². The van der Waals surface area contributed by atoms with Crippen molar-refractivity contribution in [1.29, 1.82) is 0 Å². The first-order valence-electron chi connectivity index (χ1n) is 6.28. The van der Waals surface area contributed by atoms with Crippen LogP contribution in [0, 0.1) is 10.1 Å². The first-order chi connectivity index (χ1) is 8.95. The average molecular weight is 265 g/mol. The van der Waals surface area contributed by atoms with E-state index in [1.54, 1.807) is 6.07 Å². The zero-order valence-corrected chi connectivity index (χ0v) is 11.4. The number of amides is 1. The van der Waals surface area contributed by atoms with Crippen molar-refractivity contribution in [3.8, 4) is 0 Å². The highest BCUT2D eigenvalue weighted by atomic mass is 16.6. The summed E-state index contributed by atoms with van der Waals surface area (Å²) in [7, 11) is 0. The number of hydrogen-bond donors (Lipinski definition) is 2. The van der Waals surface area contributed by atoms with Gasteiger partial charge >= 0.3 is 0 Å². The lowest BCUT2D eigenvalue weighted by molar-refractivity contribution is -0.384. The first kappa shape index (κ1) is 14.9. The number of non-ortho nitro benzene ring substituents is 1. The van der Waals surface area contributed by atoms with Crippen molar-refractivity contribution in [2.24, 2.45) is 0 Å². The lowest BCUT2D eigenvalue weighted by Gasteiger charge is -2.13. The summed E-state index contributed by atoms with van der Waals surface area (Å²) in [5, 5.41) is 16.6. The minimum Gasteiger partial charge on any atom is -0.384 e. The maximum Gasteiger partial charge on any atom is 0.270 e. The Morgan fingerprint density at radius 3 is 2.63 bits per heavy atom. The Bertz CT molecular complexity index is 472. The lowest BCUT2D eigenvalue weighted by atomic mass is 10.1. The van der Waals surface area contributed by atoms with Gasteiger partial charge in [-0.05, 0) is 26.3 Å². The van der Waals surface area contributed by atoms with Crippen LogP contribution in [0.15, 0.2) is 18.2 Å². The molecule has 1 rings (SSSR count). The van der Waals surface area contributed by atoms with Crippen LogP contribution >= 0.6 is 0 Å². The van der Waals surface area contributed by atoms with Gasteiger partial charge in [0, 0.05) is 30.4 Å².